The molecule has 1 fully saturated rings. The fourth-order valence-electron chi connectivity index (χ4n) is 3.15. The minimum atomic E-state index is -0.0128. The van der Waals surface area contributed by atoms with Crippen molar-refractivity contribution in [2.24, 2.45) is 0 Å². The van der Waals surface area contributed by atoms with E-state index >= 15 is 0 Å². The summed E-state index contributed by atoms with van der Waals surface area (Å²) in [6.45, 7) is 7.06. The Hall–Kier alpha value is -2.11. The third-order valence-electron chi connectivity index (χ3n) is 4.43. The topological polar surface area (TPSA) is 58.4 Å². The van der Waals surface area contributed by atoms with Gasteiger partial charge in [-0.2, -0.15) is 5.10 Å². The monoisotopic (exact) mass is 316 g/mol. The van der Waals surface area contributed by atoms with Crippen molar-refractivity contribution in [1.29, 1.82) is 0 Å². The second-order valence-electron chi connectivity index (χ2n) is 6.54. The number of aromatic nitrogens is 2. The third kappa shape index (κ3) is 3.46. The summed E-state index contributed by atoms with van der Waals surface area (Å²) in [6.07, 6.45) is 4.96. The highest BCUT2D eigenvalue weighted by Gasteiger charge is 2.26. The first-order chi connectivity index (χ1) is 11.0. The quantitative estimate of drug-likeness (QED) is 0.776. The van der Waals surface area contributed by atoms with Crippen molar-refractivity contribution in [2.75, 3.05) is 26.2 Å². The second kappa shape index (κ2) is 6.56. The van der Waals surface area contributed by atoms with E-state index in [1.807, 2.05) is 24.6 Å². The van der Waals surface area contributed by atoms with Gasteiger partial charge in [-0.15, -0.1) is 0 Å². The number of aryl methyl sites for hydroxylation is 2. The first-order valence-electron chi connectivity index (χ1n) is 8.34. The largest absolute Gasteiger partial charge is 0.336 e. The van der Waals surface area contributed by atoms with Gasteiger partial charge in [0.25, 0.3) is 5.91 Å². The molecule has 0 atom stereocenters. The van der Waals surface area contributed by atoms with Gasteiger partial charge in [-0.05, 0) is 39.2 Å². The molecule has 0 N–H and O–H groups in total. The van der Waals surface area contributed by atoms with Crippen molar-refractivity contribution in [1.82, 2.24) is 19.6 Å². The molecule has 2 amide bonds. The number of carbonyl (C=O) groups excluding carboxylic acids is 2. The summed E-state index contributed by atoms with van der Waals surface area (Å²) >= 11 is 0. The fourth-order valence-corrected chi connectivity index (χ4v) is 3.15. The summed E-state index contributed by atoms with van der Waals surface area (Å²) in [5.41, 5.74) is 2.71. The van der Waals surface area contributed by atoms with Crippen LogP contribution in [0.15, 0.2) is 17.7 Å². The van der Waals surface area contributed by atoms with E-state index in [1.54, 1.807) is 15.9 Å². The lowest BCUT2D eigenvalue weighted by molar-refractivity contribution is -0.127. The molecule has 6 nitrogen and oxygen atoms in total. The number of fused-ring (bicyclic) bond motifs is 1. The van der Waals surface area contributed by atoms with Crippen LogP contribution in [0.5, 0.6) is 0 Å². The Morgan fingerprint density at radius 3 is 2.39 bits per heavy atom. The molecule has 0 unspecified atom stereocenters. The van der Waals surface area contributed by atoms with E-state index in [2.05, 4.69) is 5.10 Å². The Morgan fingerprint density at radius 2 is 1.74 bits per heavy atom. The highest BCUT2D eigenvalue weighted by molar-refractivity contribution is 5.93. The maximum absolute atomic E-state index is 12.6. The second-order valence-corrected chi connectivity index (χ2v) is 6.54. The summed E-state index contributed by atoms with van der Waals surface area (Å²) in [5, 5.41) is 4.45. The summed E-state index contributed by atoms with van der Waals surface area (Å²) in [7, 11) is 0. The molecule has 6 heteroatoms. The van der Waals surface area contributed by atoms with Gasteiger partial charge in [0.05, 0.1) is 0 Å². The van der Waals surface area contributed by atoms with E-state index in [0.717, 1.165) is 30.7 Å². The molecule has 1 saturated heterocycles. The molecule has 124 valence electrons. The average Bonchev–Trinajstić information content (AvgIpc) is 2.97. The smallest absolute Gasteiger partial charge is 0.274 e. The molecule has 0 radical (unpaired) electrons. The Balaban J connectivity index is 1.61. The highest BCUT2D eigenvalue weighted by Crippen LogP contribution is 2.17. The van der Waals surface area contributed by atoms with E-state index in [1.165, 1.54) is 6.42 Å². The molecule has 0 saturated carbocycles. The maximum atomic E-state index is 12.6. The molecule has 2 aliphatic rings. The number of allylic oxidation sites excluding steroid dienone is 1. The number of hydrogen-bond donors (Lipinski definition) is 0. The van der Waals surface area contributed by atoms with Crippen LogP contribution in [0.25, 0.3) is 0 Å². The van der Waals surface area contributed by atoms with Crippen molar-refractivity contribution >= 4 is 11.8 Å². The van der Waals surface area contributed by atoms with Gasteiger partial charge in [-0.1, -0.05) is 5.57 Å². The Labute approximate surface area is 136 Å². The summed E-state index contributed by atoms with van der Waals surface area (Å²) in [5.74, 6) is 0.0239. The van der Waals surface area contributed by atoms with Gasteiger partial charge in [-0.3, -0.25) is 14.3 Å². The molecular weight excluding hydrogens is 292 g/mol. The van der Waals surface area contributed by atoms with E-state index in [-0.39, 0.29) is 11.8 Å². The molecule has 0 aliphatic carbocycles. The first kappa shape index (κ1) is 15.8. The van der Waals surface area contributed by atoms with Crippen molar-refractivity contribution in [3.8, 4) is 0 Å². The molecule has 1 aromatic heterocycles. The van der Waals surface area contributed by atoms with E-state index < -0.39 is 0 Å². The standard InChI is InChI=1S/C17H24N4O2/c1-13(2)11-16(22)19-7-9-20(10-8-19)17(23)15-12-14-5-3-4-6-21(14)18-15/h11-12H,3-10H2,1-2H3. The molecular formula is C17H24N4O2. The lowest BCUT2D eigenvalue weighted by atomic mass is 10.1. The van der Waals surface area contributed by atoms with Gasteiger partial charge in [0.1, 0.15) is 0 Å². The predicted octanol–water partition coefficient (Wildman–Crippen LogP) is 1.47. The zero-order chi connectivity index (χ0) is 16.4. The van der Waals surface area contributed by atoms with Crippen LogP contribution in [0.2, 0.25) is 0 Å². The zero-order valence-corrected chi connectivity index (χ0v) is 13.9. The molecule has 23 heavy (non-hydrogen) atoms. The van der Waals surface area contributed by atoms with Crippen LogP contribution < -0.4 is 0 Å². The maximum Gasteiger partial charge on any atom is 0.274 e. The van der Waals surface area contributed by atoms with E-state index in [0.29, 0.717) is 31.9 Å². The molecule has 1 aromatic rings. The lowest BCUT2D eigenvalue weighted by Crippen LogP contribution is -2.50. The lowest BCUT2D eigenvalue weighted by Gasteiger charge is -2.34. The minimum Gasteiger partial charge on any atom is -0.336 e. The average molecular weight is 316 g/mol. The van der Waals surface area contributed by atoms with Crippen molar-refractivity contribution < 1.29 is 9.59 Å². The van der Waals surface area contributed by atoms with Crippen molar-refractivity contribution in [2.45, 2.75) is 39.7 Å². The number of nitrogens with zero attached hydrogens (tertiary/aromatic N) is 4. The molecule has 0 aromatic carbocycles. The Kier molecular flexibility index (Phi) is 4.50. The highest BCUT2D eigenvalue weighted by atomic mass is 16.2. The number of rotatable bonds is 2. The van der Waals surface area contributed by atoms with Gasteiger partial charge in [0.2, 0.25) is 5.91 Å². The van der Waals surface area contributed by atoms with Crippen LogP contribution in [0.1, 0.15) is 42.9 Å². The summed E-state index contributed by atoms with van der Waals surface area (Å²) in [6, 6.07) is 1.93. The van der Waals surface area contributed by atoms with E-state index in [9.17, 15) is 9.59 Å². The molecule has 0 bridgehead atoms. The van der Waals surface area contributed by atoms with Crippen molar-refractivity contribution in [3.05, 3.63) is 29.1 Å². The third-order valence-corrected chi connectivity index (χ3v) is 4.43. The summed E-state index contributed by atoms with van der Waals surface area (Å²) in [4.78, 5) is 28.2. The molecule has 3 rings (SSSR count). The van der Waals surface area contributed by atoms with Crippen LogP contribution in [0.3, 0.4) is 0 Å². The SMILES string of the molecule is CC(C)=CC(=O)N1CCN(C(=O)c2cc3n(n2)CCCC3)CC1. The van der Waals surface area contributed by atoms with Crippen LogP contribution in [0.4, 0.5) is 0 Å². The predicted molar refractivity (Wildman–Crippen MR) is 87.1 cm³/mol. The van der Waals surface area contributed by atoms with Gasteiger partial charge in [0.15, 0.2) is 5.69 Å². The molecule has 2 aliphatic heterocycles. The van der Waals surface area contributed by atoms with Gasteiger partial charge >= 0.3 is 0 Å². The fraction of sp³-hybridized carbons (Fsp3) is 0.588. The number of piperazine rings is 1. The van der Waals surface area contributed by atoms with Crippen LogP contribution in [-0.2, 0) is 17.8 Å². The number of carbonyl (C=O) groups is 2. The first-order valence-corrected chi connectivity index (χ1v) is 8.34. The van der Waals surface area contributed by atoms with E-state index in [4.69, 9.17) is 0 Å². The normalized spacial score (nSPS) is 17.7. The summed E-state index contributed by atoms with van der Waals surface area (Å²) < 4.78 is 1.96. The van der Waals surface area contributed by atoms with Crippen molar-refractivity contribution in [3.63, 3.8) is 0 Å². The van der Waals surface area contributed by atoms with Crippen LogP contribution in [0, 0.1) is 0 Å². The van der Waals surface area contributed by atoms with Gasteiger partial charge in [0, 0.05) is 44.5 Å². The minimum absolute atomic E-state index is 0.0128. The number of amides is 2. The molecule has 3 heterocycles. The van der Waals surface area contributed by atoms with Gasteiger partial charge < -0.3 is 9.80 Å². The number of hydrogen-bond acceptors (Lipinski definition) is 3. The van der Waals surface area contributed by atoms with Crippen LogP contribution >= 0.6 is 0 Å². The van der Waals surface area contributed by atoms with Gasteiger partial charge in [-0.25, -0.2) is 0 Å². The zero-order valence-electron chi connectivity index (χ0n) is 13.9. The Bertz CT molecular complexity index is 612. The molecule has 0 spiro atoms. The van der Waals surface area contributed by atoms with Crippen LogP contribution in [-0.4, -0.2) is 57.6 Å². The Morgan fingerprint density at radius 1 is 1.04 bits per heavy atom.